The molecule has 18 heavy (non-hydrogen) atoms. The molecule has 0 fully saturated rings. The second-order valence-electron chi connectivity index (χ2n) is 4.34. The van der Waals surface area contributed by atoms with Crippen LogP contribution in [0.25, 0.3) is 11.5 Å². The zero-order valence-corrected chi connectivity index (χ0v) is 10.5. The van der Waals surface area contributed by atoms with E-state index in [9.17, 15) is 4.39 Å². The monoisotopic (exact) mass is 249 g/mol. The third-order valence-corrected chi connectivity index (χ3v) is 2.46. The molecule has 0 aliphatic heterocycles. The van der Waals surface area contributed by atoms with Crippen molar-refractivity contribution in [3.8, 4) is 11.5 Å². The zero-order chi connectivity index (χ0) is 13.0. The average molecular weight is 249 g/mol. The van der Waals surface area contributed by atoms with Crippen molar-refractivity contribution in [2.24, 2.45) is 0 Å². The van der Waals surface area contributed by atoms with E-state index >= 15 is 0 Å². The predicted octanol–water partition coefficient (Wildman–Crippen LogP) is 2.42. The quantitative estimate of drug-likeness (QED) is 0.884. The van der Waals surface area contributed by atoms with Crippen LogP contribution >= 0.6 is 0 Å². The SMILES string of the molecule is CC(C)NCCc1nnc(-c2ccccc2F)o1. The predicted molar refractivity (Wildman–Crippen MR) is 66.5 cm³/mol. The van der Waals surface area contributed by atoms with E-state index in [1.54, 1.807) is 18.2 Å². The van der Waals surface area contributed by atoms with Crippen LogP contribution in [0.4, 0.5) is 4.39 Å². The Balaban J connectivity index is 2.04. The van der Waals surface area contributed by atoms with Gasteiger partial charge in [0.1, 0.15) is 5.82 Å². The van der Waals surface area contributed by atoms with Crippen molar-refractivity contribution in [3.63, 3.8) is 0 Å². The van der Waals surface area contributed by atoms with Crippen LogP contribution < -0.4 is 5.32 Å². The molecule has 0 unspecified atom stereocenters. The molecule has 4 nitrogen and oxygen atoms in total. The molecule has 0 saturated heterocycles. The van der Waals surface area contributed by atoms with Gasteiger partial charge in [-0.3, -0.25) is 0 Å². The van der Waals surface area contributed by atoms with Crippen LogP contribution in [0.15, 0.2) is 28.7 Å². The Hall–Kier alpha value is -1.75. The Morgan fingerprint density at radius 3 is 2.78 bits per heavy atom. The van der Waals surface area contributed by atoms with Gasteiger partial charge < -0.3 is 9.73 Å². The fraction of sp³-hybridized carbons (Fsp3) is 0.385. The van der Waals surface area contributed by atoms with Crippen LogP contribution in [0.2, 0.25) is 0 Å². The molecule has 0 saturated carbocycles. The van der Waals surface area contributed by atoms with Crippen molar-refractivity contribution in [3.05, 3.63) is 36.0 Å². The van der Waals surface area contributed by atoms with Crippen LogP contribution in [0.5, 0.6) is 0 Å². The maximum Gasteiger partial charge on any atom is 0.250 e. The number of hydrogen-bond acceptors (Lipinski definition) is 4. The summed E-state index contributed by atoms with van der Waals surface area (Å²) in [5, 5.41) is 11.0. The molecule has 1 heterocycles. The molecule has 2 rings (SSSR count). The van der Waals surface area contributed by atoms with Crippen LogP contribution in [-0.2, 0) is 6.42 Å². The Morgan fingerprint density at radius 1 is 1.28 bits per heavy atom. The average Bonchev–Trinajstić information content (AvgIpc) is 2.78. The molecule has 5 heteroatoms. The molecule has 0 radical (unpaired) electrons. The summed E-state index contributed by atoms with van der Waals surface area (Å²) in [6.07, 6.45) is 0.639. The van der Waals surface area contributed by atoms with Crippen molar-refractivity contribution in [1.82, 2.24) is 15.5 Å². The molecule has 1 aromatic carbocycles. The third-order valence-electron chi connectivity index (χ3n) is 2.46. The van der Waals surface area contributed by atoms with Gasteiger partial charge in [0.25, 0.3) is 5.89 Å². The standard InChI is InChI=1S/C13H16FN3O/c1-9(2)15-8-7-12-16-17-13(18-12)10-5-3-4-6-11(10)14/h3-6,9,15H,7-8H2,1-2H3. The van der Waals surface area contributed by atoms with Crippen molar-refractivity contribution in [1.29, 1.82) is 0 Å². The molecule has 0 atom stereocenters. The van der Waals surface area contributed by atoms with E-state index in [1.165, 1.54) is 6.07 Å². The Kier molecular flexibility index (Phi) is 4.04. The van der Waals surface area contributed by atoms with E-state index < -0.39 is 0 Å². The van der Waals surface area contributed by atoms with E-state index in [0.717, 1.165) is 6.54 Å². The lowest BCUT2D eigenvalue weighted by atomic mass is 10.2. The van der Waals surface area contributed by atoms with Gasteiger partial charge in [-0.2, -0.15) is 0 Å². The smallest absolute Gasteiger partial charge is 0.250 e. The van der Waals surface area contributed by atoms with Gasteiger partial charge in [0.2, 0.25) is 5.89 Å². The normalized spacial score (nSPS) is 11.1. The molecular formula is C13H16FN3O. The highest BCUT2D eigenvalue weighted by molar-refractivity contribution is 5.53. The van der Waals surface area contributed by atoms with Gasteiger partial charge in [-0.1, -0.05) is 26.0 Å². The summed E-state index contributed by atoms with van der Waals surface area (Å²) in [7, 11) is 0. The lowest BCUT2D eigenvalue weighted by Gasteiger charge is -2.04. The Labute approximate surface area is 105 Å². The third kappa shape index (κ3) is 3.13. The molecular weight excluding hydrogens is 233 g/mol. The molecule has 0 spiro atoms. The van der Waals surface area contributed by atoms with Crippen molar-refractivity contribution < 1.29 is 8.81 Å². The fourth-order valence-electron chi connectivity index (χ4n) is 1.57. The number of benzene rings is 1. The van der Waals surface area contributed by atoms with Gasteiger partial charge in [0.05, 0.1) is 5.56 Å². The molecule has 1 aromatic heterocycles. The first-order valence-electron chi connectivity index (χ1n) is 5.97. The first-order chi connectivity index (χ1) is 8.66. The highest BCUT2D eigenvalue weighted by atomic mass is 19.1. The highest BCUT2D eigenvalue weighted by Crippen LogP contribution is 2.20. The van der Waals surface area contributed by atoms with Gasteiger partial charge in [-0.25, -0.2) is 4.39 Å². The molecule has 96 valence electrons. The number of nitrogens with one attached hydrogen (secondary N) is 1. The zero-order valence-electron chi connectivity index (χ0n) is 10.5. The van der Waals surface area contributed by atoms with Gasteiger partial charge in [0.15, 0.2) is 0 Å². The van der Waals surface area contributed by atoms with Crippen molar-refractivity contribution in [2.45, 2.75) is 26.3 Å². The summed E-state index contributed by atoms with van der Waals surface area (Å²) in [6.45, 7) is 4.90. The summed E-state index contributed by atoms with van der Waals surface area (Å²) in [6, 6.07) is 6.78. The molecule has 0 amide bonds. The summed E-state index contributed by atoms with van der Waals surface area (Å²) < 4.78 is 18.9. The van der Waals surface area contributed by atoms with Crippen molar-refractivity contribution in [2.75, 3.05) is 6.54 Å². The molecule has 0 aliphatic carbocycles. The Bertz CT molecular complexity index is 510. The van der Waals surface area contributed by atoms with E-state index in [4.69, 9.17) is 4.42 Å². The Morgan fingerprint density at radius 2 is 2.06 bits per heavy atom. The van der Waals surface area contributed by atoms with Gasteiger partial charge >= 0.3 is 0 Å². The fourth-order valence-corrected chi connectivity index (χ4v) is 1.57. The minimum atomic E-state index is -0.354. The minimum Gasteiger partial charge on any atom is -0.421 e. The van der Waals surface area contributed by atoms with Crippen LogP contribution in [0.1, 0.15) is 19.7 Å². The van der Waals surface area contributed by atoms with Crippen LogP contribution in [0, 0.1) is 5.82 Å². The van der Waals surface area contributed by atoms with E-state index in [2.05, 4.69) is 29.4 Å². The van der Waals surface area contributed by atoms with Crippen LogP contribution in [-0.4, -0.2) is 22.8 Å². The number of halogens is 1. The second kappa shape index (κ2) is 5.73. The van der Waals surface area contributed by atoms with E-state index in [0.29, 0.717) is 23.9 Å². The molecule has 2 aromatic rings. The number of nitrogens with zero attached hydrogens (tertiary/aromatic N) is 2. The largest absolute Gasteiger partial charge is 0.421 e. The number of aromatic nitrogens is 2. The summed E-state index contributed by atoms with van der Waals surface area (Å²) in [5.74, 6) is 0.391. The van der Waals surface area contributed by atoms with Gasteiger partial charge in [-0.05, 0) is 12.1 Å². The second-order valence-corrected chi connectivity index (χ2v) is 4.34. The lowest BCUT2D eigenvalue weighted by Crippen LogP contribution is -2.25. The summed E-state index contributed by atoms with van der Waals surface area (Å²) in [5.41, 5.74) is 0.341. The summed E-state index contributed by atoms with van der Waals surface area (Å²) >= 11 is 0. The molecule has 1 N–H and O–H groups in total. The minimum absolute atomic E-state index is 0.229. The molecule has 0 aliphatic rings. The molecule has 0 bridgehead atoms. The first kappa shape index (κ1) is 12.7. The van der Waals surface area contributed by atoms with Gasteiger partial charge in [-0.15, -0.1) is 10.2 Å². The number of rotatable bonds is 5. The maximum atomic E-state index is 13.5. The maximum absolute atomic E-state index is 13.5. The first-order valence-corrected chi connectivity index (χ1v) is 5.97. The topological polar surface area (TPSA) is 51.0 Å². The number of hydrogen-bond donors (Lipinski definition) is 1. The summed E-state index contributed by atoms with van der Waals surface area (Å²) in [4.78, 5) is 0. The highest BCUT2D eigenvalue weighted by Gasteiger charge is 2.11. The van der Waals surface area contributed by atoms with Crippen molar-refractivity contribution >= 4 is 0 Å². The van der Waals surface area contributed by atoms with Gasteiger partial charge in [0, 0.05) is 19.0 Å². The van der Waals surface area contributed by atoms with E-state index in [-0.39, 0.29) is 11.7 Å². The van der Waals surface area contributed by atoms with E-state index in [1.807, 2.05) is 0 Å². The lowest BCUT2D eigenvalue weighted by molar-refractivity contribution is 0.482. The van der Waals surface area contributed by atoms with Crippen LogP contribution in [0.3, 0.4) is 0 Å².